The number of aromatic nitrogens is 2. The van der Waals surface area contributed by atoms with Gasteiger partial charge in [-0.25, -0.2) is 4.98 Å². The van der Waals surface area contributed by atoms with Gasteiger partial charge in [-0.1, -0.05) is 18.2 Å². The second-order valence-corrected chi connectivity index (χ2v) is 4.62. The molecule has 0 saturated heterocycles. The second kappa shape index (κ2) is 5.16. The van der Waals surface area contributed by atoms with E-state index >= 15 is 0 Å². The highest BCUT2D eigenvalue weighted by Crippen LogP contribution is 2.19. The van der Waals surface area contributed by atoms with E-state index in [1.54, 1.807) is 6.20 Å². The Balaban J connectivity index is 2.05. The molecule has 2 heterocycles. The summed E-state index contributed by atoms with van der Waals surface area (Å²) < 4.78 is 2.06. The van der Waals surface area contributed by atoms with E-state index in [-0.39, 0.29) is 6.61 Å². The number of nitriles is 1. The normalized spacial score (nSPS) is 10.6. The van der Waals surface area contributed by atoms with Crippen LogP contribution in [-0.4, -0.2) is 14.7 Å². The van der Waals surface area contributed by atoms with Crippen molar-refractivity contribution < 1.29 is 5.11 Å². The fourth-order valence-electron chi connectivity index (χ4n) is 2.32. The molecular formula is C16H13N3O. The van der Waals surface area contributed by atoms with Crippen LogP contribution in [-0.2, 0) is 13.2 Å². The maximum atomic E-state index is 9.24. The Labute approximate surface area is 116 Å². The van der Waals surface area contributed by atoms with E-state index in [1.807, 2.05) is 42.6 Å². The van der Waals surface area contributed by atoms with E-state index < -0.39 is 0 Å². The van der Waals surface area contributed by atoms with Crippen molar-refractivity contribution >= 4 is 10.9 Å². The van der Waals surface area contributed by atoms with Crippen molar-refractivity contribution in [2.24, 2.45) is 0 Å². The maximum Gasteiger partial charge on any atom is 0.145 e. The topological polar surface area (TPSA) is 61.8 Å². The lowest BCUT2D eigenvalue weighted by Crippen LogP contribution is -2.01. The summed E-state index contributed by atoms with van der Waals surface area (Å²) in [6.45, 7) is 0.618. The quantitative estimate of drug-likeness (QED) is 0.789. The zero-order valence-corrected chi connectivity index (χ0v) is 10.8. The molecule has 4 nitrogen and oxygen atoms in total. The molecule has 0 aliphatic carbocycles. The third-order valence-corrected chi connectivity index (χ3v) is 3.36. The lowest BCUT2D eigenvalue weighted by Gasteiger charge is -2.07. The number of aliphatic hydroxyl groups is 1. The monoisotopic (exact) mass is 263 g/mol. The molecule has 0 atom stereocenters. The smallest absolute Gasteiger partial charge is 0.145 e. The highest BCUT2D eigenvalue weighted by molar-refractivity contribution is 5.81. The first-order valence-electron chi connectivity index (χ1n) is 6.34. The van der Waals surface area contributed by atoms with Crippen molar-refractivity contribution in [1.82, 2.24) is 9.55 Å². The van der Waals surface area contributed by atoms with Crippen LogP contribution in [0.25, 0.3) is 10.9 Å². The summed E-state index contributed by atoms with van der Waals surface area (Å²) >= 11 is 0. The average Bonchev–Trinajstić information content (AvgIpc) is 2.90. The van der Waals surface area contributed by atoms with Crippen LogP contribution in [0, 0.1) is 11.3 Å². The number of rotatable bonds is 3. The van der Waals surface area contributed by atoms with Crippen LogP contribution in [0.2, 0.25) is 0 Å². The largest absolute Gasteiger partial charge is 0.392 e. The number of benzene rings is 1. The first kappa shape index (κ1) is 12.4. The van der Waals surface area contributed by atoms with E-state index in [2.05, 4.69) is 15.6 Å². The van der Waals surface area contributed by atoms with Gasteiger partial charge in [0, 0.05) is 23.5 Å². The number of fused-ring (bicyclic) bond motifs is 1. The Morgan fingerprint density at radius 1 is 1.25 bits per heavy atom. The van der Waals surface area contributed by atoms with Crippen molar-refractivity contribution in [2.45, 2.75) is 13.2 Å². The van der Waals surface area contributed by atoms with E-state index in [9.17, 15) is 5.11 Å². The molecule has 3 rings (SSSR count). The molecule has 0 fully saturated rings. The summed E-state index contributed by atoms with van der Waals surface area (Å²) in [6, 6.07) is 13.8. The van der Waals surface area contributed by atoms with Gasteiger partial charge >= 0.3 is 0 Å². The zero-order valence-electron chi connectivity index (χ0n) is 10.8. The zero-order chi connectivity index (χ0) is 13.9. The molecule has 3 aromatic rings. The molecule has 98 valence electrons. The van der Waals surface area contributed by atoms with Crippen LogP contribution >= 0.6 is 0 Å². The maximum absolute atomic E-state index is 9.24. The van der Waals surface area contributed by atoms with Gasteiger partial charge < -0.3 is 9.67 Å². The van der Waals surface area contributed by atoms with Gasteiger partial charge in [0.15, 0.2) is 0 Å². The molecule has 0 spiro atoms. The predicted molar refractivity (Wildman–Crippen MR) is 75.9 cm³/mol. The van der Waals surface area contributed by atoms with Crippen molar-refractivity contribution in [1.29, 1.82) is 5.26 Å². The standard InChI is InChI=1S/C16H13N3O/c17-9-15-14(2-1-6-18-15)10-19-7-5-13-4-3-12(11-20)8-16(13)19/h1-8,20H,10-11H2. The third kappa shape index (κ3) is 2.15. The molecule has 0 saturated carbocycles. The Hall–Kier alpha value is -2.64. The van der Waals surface area contributed by atoms with Gasteiger partial charge in [0.1, 0.15) is 11.8 Å². The first-order valence-corrected chi connectivity index (χ1v) is 6.34. The molecular weight excluding hydrogens is 250 g/mol. The second-order valence-electron chi connectivity index (χ2n) is 4.62. The number of aliphatic hydroxyl groups excluding tert-OH is 1. The minimum atomic E-state index is 0.0253. The molecule has 0 unspecified atom stereocenters. The van der Waals surface area contributed by atoms with E-state index in [4.69, 9.17) is 5.26 Å². The number of nitrogens with zero attached hydrogens (tertiary/aromatic N) is 3. The van der Waals surface area contributed by atoms with Gasteiger partial charge in [-0.05, 0) is 29.1 Å². The van der Waals surface area contributed by atoms with Crippen LogP contribution in [0.1, 0.15) is 16.8 Å². The van der Waals surface area contributed by atoms with E-state index in [0.717, 1.165) is 22.0 Å². The number of hydrogen-bond donors (Lipinski definition) is 1. The molecule has 0 aliphatic rings. The molecule has 2 aromatic heterocycles. The van der Waals surface area contributed by atoms with Gasteiger partial charge in [0.25, 0.3) is 0 Å². The van der Waals surface area contributed by atoms with Crippen molar-refractivity contribution in [3.8, 4) is 6.07 Å². The average molecular weight is 263 g/mol. The predicted octanol–water partition coefficient (Wildman–Crippen LogP) is 2.45. The van der Waals surface area contributed by atoms with Crippen molar-refractivity contribution in [3.63, 3.8) is 0 Å². The molecule has 0 amide bonds. The summed E-state index contributed by atoms with van der Waals surface area (Å²) in [4.78, 5) is 4.08. The lowest BCUT2D eigenvalue weighted by molar-refractivity contribution is 0.282. The Morgan fingerprint density at radius 3 is 2.95 bits per heavy atom. The van der Waals surface area contributed by atoms with Crippen LogP contribution in [0.15, 0.2) is 48.8 Å². The minimum Gasteiger partial charge on any atom is -0.392 e. The Kier molecular flexibility index (Phi) is 3.20. The Morgan fingerprint density at radius 2 is 2.15 bits per heavy atom. The fourth-order valence-corrected chi connectivity index (χ4v) is 2.32. The summed E-state index contributed by atoms with van der Waals surface area (Å²) in [5.74, 6) is 0. The summed E-state index contributed by atoms with van der Waals surface area (Å²) in [6.07, 6.45) is 3.61. The third-order valence-electron chi connectivity index (χ3n) is 3.36. The van der Waals surface area contributed by atoms with Crippen LogP contribution < -0.4 is 0 Å². The molecule has 0 bridgehead atoms. The highest BCUT2D eigenvalue weighted by atomic mass is 16.3. The van der Waals surface area contributed by atoms with Gasteiger partial charge in [-0.2, -0.15) is 5.26 Å². The molecule has 0 radical (unpaired) electrons. The van der Waals surface area contributed by atoms with Gasteiger partial charge in [0.05, 0.1) is 13.2 Å². The SMILES string of the molecule is N#Cc1ncccc1Cn1ccc2ccc(CO)cc21. The molecule has 4 heteroatoms. The van der Waals surface area contributed by atoms with Gasteiger partial charge in [-0.3, -0.25) is 0 Å². The summed E-state index contributed by atoms with van der Waals surface area (Å²) in [7, 11) is 0. The first-order chi connectivity index (χ1) is 9.81. The van der Waals surface area contributed by atoms with Crippen LogP contribution in [0.3, 0.4) is 0 Å². The molecule has 1 N–H and O–H groups in total. The van der Waals surface area contributed by atoms with Crippen LogP contribution in [0.4, 0.5) is 0 Å². The number of hydrogen-bond acceptors (Lipinski definition) is 3. The van der Waals surface area contributed by atoms with Crippen molar-refractivity contribution in [3.05, 3.63) is 65.6 Å². The van der Waals surface area contributed by atoms with Gasteiger partial charge in [0.2, 0.25) is 0 Å². The lowest BCUT2D eigenvalue weighted by atomic mass is 10.1. The van der Waals surface area contributed by atoms with Crippen LogP contribution in [0.5, 0.6) is 0 Å². The molecule has 0 aliphatic heterocycles. The number of pyridine rings is 1. The van der Waals surface area contributed by atoms with E-state index in [0.29, 0.717) is 12.2 Å². The van der Waals surface area contributed by atoms with E-state index in [1.165, 1.54) is 0 Å². The molecule has 1 aromatic carbocycles. The highest BCUT2D eigenvalue weighted by Gasteiger charge is 2.06. The molecule has 20 heavy (non-hydrogen) atoms. The fraction of sp³-hybridized carbons (Fsp3) is 0.125. The summed E-state index contributed by atoms with van der Waals surface area (Å²) in [5.41, 5.74) is 3.27. The Bertz CT molecular complexity index is 799. The minimum absolute atomic E-state index is 0.0253. The van der Waals surface area contributed by atoms with Gasteiger partial charge in [-0.15, -0.1) is 0 Å². The van der Waals surface area contributed by atoms with Crippen molar-refractivity contribution in [2.75, 3.05) is 0 Å². The summed E-state index contributed by atoms with van der Waals surface area (Å²) in [5, 5.41) is 19.4.